The summed E-state index contributed by atoms with van der Waals surface area (Å²) in [5.41, 5.74) is 3.38. The third kappa shape index (κ3) is 1.17. The zero-order valence-corrected chi connectivity index (χ0v) is 6.35. The maximum atomic E-state index is 10.9. The summed E-state index contributed by atoms with van der Waals surface area (Å²) in [5, 5.41) is 3.83. The highest BCUT2D eigenvalue weighted by atomic mass is 16.2. The summed E-state index contributed by atoms with van der Waals surface area (Å²) in [4.78, 5) is 10.9. The first-order valence-electron chi connectivity index (χ1n) is 3.59. The predicted molar refractivity (Wildman–Crippen MR) is 39.6 cm³/mol. The molecule has 1 rings (SSSR count). The molecule has 0 saturated heterocycles. The Balaban J connectivity index is 2.56. The SMILES string of the molecule is CCC[C@@H]1C(=O)NN=C1C. The van der Waals surface area contributed by atoms with Gasteiger partial charge in [-0.3, -0.25) is 4.79 Å². The molecule has 0 radical (unpaired) electrons. The van der Waals surface area contributed by atoms with Gasteiger partial charge >= 0.3 is 0 Å². The Morgan fingerprint density at radius 1 is 1.70 bits per heavy atom. The summed E-state index contributed by atoms with van der Waals surface area (Å²) in [6, 6.07) is 0. The molecule has 0 bridgehead atoms. The second-order valence-corrected chi connectivity index (χ2v) is 2.57. The molecule has 1 atom stereocenters. The van der Waals surface area contributed by atoms with Gasteiger partial charge in [0.05, 0.1) is 5.92 Å². The lowest BCUT2D eigenvalue weighted by molar-refractivity contribution is -0.122. The highest BCUT2D eigenvalue weighted by molar-refractivity contribution is 6.06. The summed E-state index contributed by atoms with van der Waals surface area (Å²) in [6.45, 7) is 3.96. The third-order valence-corrected chi connectivity index (χ3v) is 1.74. The van der Waals surface area contributed by atoms with Crippen LogP contribution in [0.1, 0.15) is 26.7 Å². The number of hydrogen-bond donors (Lipinski definition) is 1. The van der Waals surface area contributed by atoms with E-state index in [1.807, 2.05) is 6.92 Å². The van der Waals surface area contributed by atoms with Gasteiger partial charge in [-0.2, -0.15) is 5.10 Å². The molecule has 1 N–H and O–H groups in total. The molecule has 56 valence electrons. The number of carbonyl (C=O) groups is 1. The van der Waals surface area contributed by atoms with Crippen LogP contribution in [0.5, 0.6) is 0 Å². The maximum absolute atomic E-state index is 10.9. The number of hydrazone groups is 1. The van der Waals surface area contributed by atoms with Crippen LogP contribution in [0.25, 0.3) is 0 Å². The fraction of sp³-hybridized carbons (Fsp3) is 0.714. The van der Waals surface area contributed by atoms with Crippen molar-refractivity contribution in [2.75, 3.05) is 0 Å². The van der Waals surface area contributed by atoms with E-state index in [4.69, 9.17) is 0 Å². The largest absolute Gasteiger partial charge is 0.272 e. The number of nitrogens with one attached hydrogen (secondary N) is 1. The maximum Gasteiger partial charge on any atom is 0.248 e. The van der Waals surface area contributed by atoms with Crippen molar-refractivity contribution in [1.82, 2.24) is 5.43 Å². The quantitative estimate of drug-likeness (QED) is 0.608. The lowest BCUT2D eigenvalue weighted by Crippen LogP contribution is -2.21. The minimum Gasteiger partial charge on any atom is -0.272 e. The number of nitrogens with zero attached hydrogens (tertiary/aromatic N) is 1. The van der Waals surface area contributed by atoms with Crippen LogP contribution in [0.15, 0.2) is 5.10 Å². The normalized spacial score (nSPS) is 24.4. The van der Waals surface area contributed by atoms with E-state index < -0.39 is 0 Å². The highest BCUT2D eigenvalue weighted by Gasteiger charge is 2.25. The number of carbonyl (C=O) groups excluding carboxylic acids is 1. The van der Waals surface area contributed by atoms with E-state index in [1.54, 1.807) is 0 Å². The van der Waals surface area contributed by atoms with Gasteiger partial charge < -0.3 is 0 Å². The molecular formula is C7H12N2O. The molecule has 0 unspecified atom stereocenters. The summed E-state index contributed by atoms with van der Waals surface area (Å²) >= 11 is 0. The van der Waals surface area contributed by atoms with Gasteiger partial charge in [0, 0.05) is 5.71 Å². The fourth-order valence-electron chi connectivity index (χ4n) is 1.12. The molecule has 0 fully saturated rings. The monoisotopic (exact) mass is 140 g/mol. The molecule has 1 aliphatic rings. The zero-order valence-electron chi connectivity index (χ0n) is 6.35. The minimum absolute atomic E-state index is 0.0463. The van der Waals surface area contributed by atoms with Crippen molar-refractivity contribution in [3.63, 3.8) is 0 Å². The van der Waals surface area contributed by atoms with E-state index in [0.717, 1.165) is 18.6 Å². The fourth-order valence-corrected chi connectivity index (χ4v) is 1.12. The summed E-state index contributed by atoms with van der Waals surface area (Å²) in [7, 11) is 0. The Morgan fingerprint density at radius 2 is 2.40 bits per heavy atom. The number of hydrogen-bond acceptors (Lipinski definition) is 2. The van der Waals surface area contributed by atoms with Gasteiger partial charge in [-0.15, -0.1) is 0 Å². The molecular weight excluding hydrogens is 128 g/mol. The number of rotatable bonds is 2. The minimum atomic E-state index is 0.0463. The van der Waals surface area contributed by atoms with E-state index in [1.165, 1.54) is 0 Å². The third-order valence-electron chi connectivity index (χ3n) is 1.74. The van der Waals surface area contributed by atoms with E-state index in [0.29, 0.717) is 0 Å². The van der Waals surface area contributed by atoms with Crippen LogP contribution < -0.4 is 5.43 Å². The predicted octanol–water partition coefficient (Wildman–Crippen LogP) is 0.908. The first-order valence-corrected chi connectivity index (χ1v) is 3.59. The van der Waals surface area contributed by atoms with Crippen molar-refractivity contribution >= 4 is 11.6 Å². The molecule has 1 amide bonds. The van der Waals surface area contributed by atoms with E-state index in [2.05, 4.69) is 17.5 Å². The van der Waals surface area contributed by atoms with Crippen molar-refractivity contribution < 1.29 is 4.79 Å². The van der Waals surface area contributed by atoms with Crippen LogP contribution in [0.3, 0.4) is 0 Å². The van der Waals surface area contributed by atoms with Crippen molar-refractivity contribution in [1.29, 1.82) is 0 Å². The van der Waals surface area contributed by atoms with Crippen LogP contribution in [0, 0.1) is 5.92 Å². The van der Waals surface area contributed by atoms with Crippen molar-refractivity contribution in [3.05, 3.63) is 0 Å². The molecule has 1 aliphatic heterocycles. The topological polar surface area (TPSA) is 41.5 Å². The molecule has 0 aromatic carbocycles. The zero-order chi connectivity index (χ0) is 7.56. The van der Waals surface area contributed by atoms with Gasteiger partial charge in [-0.05, 0) is 13.3 Å². The Bertz CT molecular complexity index is 174. The van der Waals surface area contributed by atoms with Gasteiger partial charge in [-0.25, -0.2) is 5.43 Å². The van der Waals surface area contributed by atoms with E-state index in [9.17, 15) is 4.79 Å². The van der Waals surface area contributed by atoms with Crippen LogP contribution >= 0.6 is 0 Å². The first kappa shape index (κ1) is 7.25. The van der Waals surface area contributed by atoms with E-state index >= 15 is 0 Å². The lowest BCUT2D eigenvalue weighted by atomic mass is 10.00. The summed E-state index contributed by atoms with van der Waals surface area (Å²) in [5.74, 6) is 0.101. The molecule has 0 aromatic rings. The van der Waals surface area contributed by atoms with Crippen molar-refractivity contribution in [2.24, 2.45) is 11.0 Å². The standard InChI is InChI=1S/C7H12N2O/c1-3-4-6-5(2)8-9-7(6)10/h6H,3-4H2,1-2H3,(H,9,10)/t6-/m0/s1. The van der Waals surface area contributed by atoms with Crippen LogP contribution in [-0.2, 0) is 4.79 Å². The van der Waals surface area contributed by atoms with Gasteiger partial charge in [0.2, 0.25) is 5.91 Å². The summed E-state index contributed by atoms with van der Waals surface area (Å²) in [6.07, 6.45) is 1.95. The molecule has 1 heterocycles. The van der Waals surface area contributed by atoms with Gasteiger partial charge in [0.15, 0.2) is 0 Å². The Morgan fingerprint density at radius 3 is 2.80 bits per heavy atom. The second kappa shape index (κ2) is 2.82. The molecule has 3 nitrogen and oxygen atoms in total. The Hall–Kier alpha value is -0.860. The smallest absolute Gasteiger partial charge is 0.248 e. The summed E-state index contributed by atoms with van der Waals surface area (Å²) < 4.78 is 0. The second-order valence-electron chi connectivity index (χ2n) is 2.57. The molecule has 0 saturated carbocycles. The Labute approximate surface area is 60.5 Å². The van der Waals surface area contributed by atoms with Crippen LogP contribution in [0.4, 0.5) is 0 Å². The molecule has 0 aromatic heterocycles. The van der Waals surface area contributed by atoms with Crippen molar-refractivity contribution in [2.45, 2.75) is 26.7 Å². The van der Waals surface area contributed by atoms with Gasteiger partial charge in [0.1, 0.15) is 0 Å². The number of amides is 1. The lowest BCUT2D eigenvalue weighted by Gasteiger charge is -2.03. The van der Waals surface area contributed by atoms with Crippen LogP contribution in [-0.4, -0.2) is 11.6 Å². The average Bonchev–Trinajstić information content (AvgIpc) is 2.20. The van der Waals surface area contributed by atoms with Crippen LogP contribution in [0.2, 0.25) is 0 Å². The molecule has 0 aliphatic carbocycles. The molecule has 10 heavy (non-hydrogen) atoms. The van der Waals surface area contributed by atoms with Crippen molar-refractivity contribution in [3.8, 4) is 0 Å². The van der Waals surface area contributed by atoms with E-state index in [-0.39, 0.29) is 11.8 Å². The molecule has 3 heteroatoms. The van der Waals surface area contributed by atoms with Gasteiger partial charge in [-0.1, -0.05) is 13.3 Å². The highest BCUT2D eigenvalue weighted by Crippen LogP contribution is 2.12. The first-order chi connectivity index (χ1) is 4.75. The molecule has 0 spiro atoms. The Kier molecular flexibility index (Phi) is 2.04. The average molecular weight is 140 g/mol. The van der Waals surface area contributed by atoms with Gasteiger partial charge in [0.25, 0.3) is 0 Å².